The number of unbranched alkanes of at least 4 members (excludes halogenated alkanes) is 1. The molecule has 31 heavy (non-hydrogen) atoms. The summed E-state index contributed by atoms with van der Waals surface area (Å²) in [6, 6.07) is 8.32. The van der Waals surface area contributed by atoms with Crippen LogP contribution in [0.3, 0.4) is 0 Å². The Morgan fingerprint density at radius 2 is 1.81 bits per heavy atom. The van der Waals surface area contributed by atoms with Gasteiger partial charge in [-0.25, -0.2) is 4.39 Å². The third-order valence-corrected chi connectivity index (χ3v) is 5.91. The fraction of sp³-hybridized carbons (Fsp3) is 0.435. The van der Waals surface area contributed by atoms with Crippen LogP contribution in [0.1, 0.15) is 44.7 Å². The summed E-state index contributed by atoms with van der Waals surface area (Å²) in [7, 11) is 0. The zero-order valence-electron chi connectivity index (χ0n) is 18.2. The van der Waals surface area contributed by atoms with E-state index < -0.39 is 11.2 Å². The van der Waals surface area contributed by atoms with Gasteiger partial charge in [0.05, 0.1) is 23.2 Å². The first-order valence-electron chi connectivity index (χ1n) is 10.0. The van der Waals surface area contributed by atoms with Gasteiger partial charge in [0.1, 0.15) is 6.61 Å². The number of nitrogens with one attached hydrogen (secondary N) is 1. The van der Waals surface area contributed by atoms with Gasteiger partial charge in [0.15, 0.2) is 23.1 Å². The summed E-state index contributed by atoms with van der Waals surface area (Å²) in [5.74, 6) is -0.198. The SMILES string of the molecule is CCCCOc1c(Cl)cc(C(C)(C)c2ccc(OCC(=O)CNSC)c(F)c2)cc1Cl. The second-order valence-corrected chi connectivity index (χ2v) is 9.11. The lowest BCUT2D eigenvalue weighted by Gasteiger charge is -2.27. The van der Waals surface area contributed by atoms with Gasteiger partial charge in [-0.1, -0.05) is 68.4 Å². The van der Waals surface area contributed by atoms with Gasteiger partial charge in [-0.05, 0) is 48.1 Å². The zero-order chi connectivity index (χ0) is 23.0. The Kier molecular flexibility index (Phi) is 9.94. The van der Waals surface area contributed by atoms with Crippen LogP contribution in [-0.2, 0) is 10.2 Å². The van der Waals surface area contributed by atoms with Crippen molar-refractivity contribution < 1.29 is 18.7 Å². The Morgan fingerprint density at radius 3 is 2.39 bits per heavy atom. The molecule has 0 spiro atoms. The largest absolute Gasteiger partial charge is 0.490 e. The predicted octanol–water partition coefficient (Wildman–Crippen LogP) is 6.45. The van der Waals surface area contributed by atoms with Crippen LogP contribution in [0.4, 0.5) is 4.39 Å². The van der Waals surface area contributed by atoms with Crippen molar-refractivity contribution in [3.8, 4) is 11.5 Å². The Balaban J connectivity index is 2.19. The molecule has 0 aromatic heterocycles. The van der Waals surface area contributed by atoms with Crippen molar-refractivity contribution in [3.05, 3.63) is 57.3 Å². The van der Waals surface area contributed by atoms with Gasteiger partial charge in [0.25, 0.3) is 0 Å². The van der Waals surface area contributed by atoms with Crippen LogP contribution in [-0.4, -0.2) is 31.8 Å². The van der Waals surface area contributed by atoms with E-state index in [0.29, 0.717) is 22.4 Å². The molecule has 0 atom stereocenters. The van der Waals surface area contributed by atoms with E-state index in [9.17, 15) is 9.18 Å². The highest BCUT2D eigenvalue weighted by Crippen LogP contribution is 2.41. The van der Waals surface area contributed by atoms with E-state index in [1.54, 1.807) is 18.2 Å². The first-order chi connectivity index (χ1) is 14.7. The third kappa shape index (κ3) is 7.01. The van der Waals surface area contributed by atoms with E-state index in [4.69, 9.17) is 32.7 Å². The highest BCUT2D eigenvalue weighted by atomic mass is 35.5. The lowest BCUT2D eigenvalue weighted by atomic mass is 9.78. The molecular formula is C23H28Cl2FNO3S. The van der Waals surface area contributed by atoms with Gasteiger partial charge in [0, 0.05) is 5.41 Å². The molecule has 0 aliphatic rings. The molecule has 2 rings (SSSR count). The number of hydrogen-bond donors (Lipinski definition) is 1. The Morgan fingerprint density at radius 1 is 1.13 bits per heavy atom. The molecule has 0 bridgehead atoms. The molecule has 8 heteroatoms. The molecule has 0 saturated carbocycles. The van der Waals surface area contributed by atoms with E-state index in [-0.39, 0.29) is 24.7 Å². The lowest BCUT2D eigenvalue weighted by molar-refractivity contribution is -0.119. The second-order valence-electron chi connectivity index (χ2n) is 7.59. The van der Waals surface area contributed by atoms with Crippen LogP contribution in [0.25, 0.3) is 0 Å². The second kappa shape index (κ2) is 12.0. The van der Waals surface area contributed by atoms with Crippen molar-refractivity contribution in [2.45, 2.75) is 39.0 Å². The van der Waals surface area contributed by atoms with Crippen molar-refractivity contribution >= 4 is 40.9 Å². The number of ether oxygens (including phenoxy) is 2. The van der Waals surface area contributed by atoms with Crippen LogP contribution < -0.4 is 14.2 Å². The lowest BCUT2D eigenvalue weighted by Crippen LogP contribution is -2.23. The van der Waals surface area contributed by atoms with E-state index in [2.05, 4.69) is 11.6 Å². The Hall–Kier alpha value is -1.47. The molecule has 170 valence electrons. The van der Waals surface area contributed by atoms with Gasteiger partial charge < -0.3 is 9.47 Å². The number of carbonyl (C=O) groups is 1. The highest BCUT2D eigenvalue weighted by Gasteiger charge is 2.27. The van der Waals surface area contributed by atoms with Crippen LogP contribution in [0.15, 0.2) is 30.3 Å². The minimum atomic E-state index is -0.577. The molecule has 4 nitrogen and oxygen atoms in total. The average molecular weight is 488 g/mol. The first kappa shape index (κ1) is 25.8. The minimum absolute atomic E-state index is 0.0350. The van der Waals surface area contributed by atoms with Gasteiger partial charge in [-0.3, -0.25) is 9.52 Å². The normalized spacial score (nSPS) is 11.5. The summed E-state index contributed by atoms with van der Waals surface area (Å²) in [4.78, 5) is 11.7. The molecule has 0 unspecified atom stereocenters. The maximum Gasteiger partial charge on any atom is 0.184 e. The Bertz CT molecular complexity index is 885. The van der Waals surface area contributed by atoms with E-state index in [1.165, 1.54) is 24.1 Å². The highest BCUT2D eigenvalue weighted by molar-refractivity contribution is 7.96. The minimum Gasteiger partial charge on any atom is -0.490 e. The van der Waals surface area contributed by atoms with E-state index in [0.717, 1.165) is 24.0 Å². The molecule has 1 N–H and O–H groups in total. The fourth-order valence-corrected chi connectivity index (χ4v) is 3.81. The van der Waals surface area contributed by atoms with Crippen molar-refractivity contribution in [2.75, 3.05) is 26.0 Å². The molecule has 0 amide bonds. The number of benzene rings is 2. The topological polar surface area (TPSA) is 47.6 Å². The van der Waals surface area contributed by atoms with Gasteiger partial charge >= 0.3 is 0 Å². The summed E-state index contributed by atoms with van der Waals surface area (Å²) in [6.45, 7) is 6.50. The van der Waals surface area contributed by atoms with Crippen molar-refractivity contribution in [2.24, 2.45) is 0 Å². The monoisotopic (exact) mass is 487 g/mol. The number of halogens is 3. The number of ketones is 1. The van der Waals surface area contributed by atoms with Crippen molar-refractivity contribution in [1.29, 1.82) is 0 Å². The Labute approximate surface area is 197 Å². The van der Waals surface area contributed by atoms with Crippen LogP contribution in [0, 0.1) is 5.82 Å². The molecule has 0 heterocycles. The number of hydrogen-bond acceptors (Lipinski definition) is 5. The van der Waals surface area contributed by atoms with Crippen molar-refractivity contribution in [3.63, 3.8) is 0 Å². The van der Waals surface area contributed by atoms with Gasteiger partial charge in [-0.15, -0.1) is 0 Å². The predicted molar refractivity (Wildman–Crippen MR) is 127 cm³/mol. The zero-order valence-corrected chi connectivity index (χ0v) is 20.5. The fourth-order valence-electron chi connectivity index (χ4n) is 2.91. The smallest absolute Gasteiger partial charge is 0.184 e. The maximum absolute atomic E-state index is 14.7. The summed E-state index contributed by atoms with van der Waals surface area (Å²) >= 11 is 14.2. The number of carbonyl (C=O) groups excluding carboxylic acids is 1. The summed E-state index contributed by atoms with van der Waals surface area (Å²) < 4.78 is 28.6. The van der Waals surface area contributed by atoms with E-state index in [1.807, 2.05) is 20.1 Å². The molecule has 0 radical (unpaired) electrons. The first-order valence-corrected chi connectivity index (χ1v) is 12.0. The van der Waals surface area contributed by atoms with Crippen LogP contribution >= 0.6 is 35.1 Å². The third-order valence-electron chi connectivity index (χ3n) is 4.92. The molecule has 0 aliphatic carbocycles. The van der Waals surface area contributed by atoms with Gasteiger partial charge in [0.2, 0.25) is 0 Å². The van der Waals surface area contributed by atoms with Crippen LogP contribution in [0.2, 0.25) is 10.0 Å². The van der Waals surface area contributed by atoms with Crippen LogP contribution in [0.5, 0.6) is 11.5 Å². The molecule has 2 aromatic rings. The molecular weight excluding hydrogens is 460 g/mol. The molecule has 0 saturated heterocycles. The maximum atomic E-state index is 14.7. The number of rotatable bonds is 12. The standard InChI is InChI=1S/C23H28Cl2FNO3S/c1-5-6-9-29-22-18(24)10-16(11-19(22)25)23(2,3)15-7-8-21(20(26)12-15)30-14-17(28)13-27-31-4/h7-8,10-12,27H,5-6,9,13-14H2,1-4H3. The van der Waals surface area contributed by atoms with Gasteiger partial charge in [-0.2, -0.15) is 0 Å². The molecule has 2 aromatic carbocycles. The molecule has 0 fully saturated rings. The summed E-state index contributed by atoms with van der Waals surface area (Å²) in [5.41, 5.74) is 0.975. The van der Waals surface area contributed by atoms with E-state index >= 15 is 0 Å². The summed E-state index contributed by atoms with van der Waals surface area (Å²) in [5, 5.41) is 0.842. The molecule has 0 aliphatic heterocycles. The number of Topliss-reactive ketones (excluding diaryl/α,β-unsaturated/α-hetero) is 1. The summed E-state index contributed by atoms with van der Waals surface area (Å²) in [6.07, 6.45) is 3.74. The average Bonchev–Trinajstić information content (AvgIpc) is 2.73. The van der Waals surface area contributed by atoms with Crippen molar-refractivity contribution in [1.82, 2.24) is 4.72 Å². The quantitative estimate of drug-likeness (QED) is 0.275.